The molecule has 8 nitrogen and oxygen atoms in total. The van der Waals surface area contributed by atoms with E-state index in [0.29, 0.717) is 5.56 Å². The number of pyridine rings is 1. The first-order chi connectivity index (χ1) is 13.9. The van der Waals surface area contributed by atoms with E-state index in [0.717, 1.165) is 27.8 Å². The highest BCUT2D eigenvalue weighted by atomic mass is 19.4. The van der Waals surface area contributed by atoms with Crippen LogP contribution in [-0.4, -0.2) is 38.7 Å². The number of aliphatic carboxylic acids is 1. The second-order valence-corrected chi connectivity index (χ2v) is 6.21. The second kappa shape index (κ2) is 8.64. The molecule has 11 heteroatoms. The van der Waals surface area contributed by atoms with Gasteiger partial charge in [-0.1, -0.05) is 18.2 Å². The molecule has 0 saturated heterocycles. The Labute approximate surface area is 168 Å². The maximum absolute atomic E-state index is 12.1. The summed E-state index contributed by atoms with van der Waals surface area (Å²) in [6.45, 7) is 3.79. The molecule has 3 aromatic rings. The fourth-order valence-electron chi connectivity index (χ4n) is 2.60. The van der Waals surface area contributed by atoms with Crippen LogP contribution in [0.25, 0.3) is 16.6 Å². The Hall–Kier alpha value is -3.89. The van der Waals surface area contributed by atoms with Crippen LogP contribution in [0.1, 0.15) is 21.6 Å². The van der Waals surface area contributed by atoms with E-state index in [-0.39, 0.29) is 5.96 Å². The van der Waals surface area contributed by atoms with Gasteiger partial charge in [0.05, 0.1) is 16.8 Å². The van der Waals surface area contributed by atoms with Crippen molar-refractivity contribution in [1.29, 1.82) is 0 Å². The maximum atomic E-state index is 12.1. The van der Waals surface area contributed by atoms with Gasteiger partial charge in [0.15, 0.2) is 5.96 Å². The number of amides is 1. The average molecular weight is 421 g/mol. The minimum atomic E-state index is -5.08. The lowest BCUT2D eigenvalue weighted by Gasteiger charge is -2.08. The van der Waals surface area contributed by atoms with E-state index >= 15 is 0 Å². The molecule has 5 N–H and O–H groups in total. The summed E-state index contributed by atoms with van der Waals surface area (Å²) in [6.07, 6.45) is -1.46. The van der Waals surface area contributed by atoms with Crippen LogP contribution in [0.15, 0.2) is 47.7 Å². The van der Waals surface area contributed by atoms with Gasteiger partial charge in [0.25, 0.3) is 5.91 Å². The number of carboxylic acid groups (broad SMARTS) is 1. The zero-order valence-corrected chi connectivity index (χ0v) is 15.9. The zero-order chi connectivity index (χ0) is 22.6. The van der Waals surface area contributed by atoms with Gasteiger partial charge in [0.1, 0.15) is 0 Å². The Morgan fingerprint density at radius 3 is 2.30 bits per heavy atom. The molecular formula is C19H18F3N5O3. The highest BCUT2D eigenvalue weighted by Crippen LogP contribution is 2.24. The molecule has 3 rings (SSSR count). The van der Waals surface area contributed by atoms with Crippen molar-refractivity contribution in [3.05, 3.63) is 59.5 Å². The average Bonchev–Trinajstić information content (AvgIpc) is 3.02. The number of benzene rings is 1. The third-order valence-corrected chi connectivity index (χ3v) is 3.83. The van der Waals surface area contributed by atoms with Gasteiger partial charge in [-0.15, -0.1) is 0 Å². The summed E-state index contributed by atoms with van der Waals surface area (Å²) < 4.78 is 33.6. The molecule has 1 amide bonds. The summed E-state index contributed by atoms with van der Waals surface area (Å²) in [7, 11) is 0. The highest BCUT2D eigenvalue weighted by molar-refractivity contribution is 6.03. The largest absolute Gasteiger partial charge is 0.490 e. The molecule has 30 heavy (non-hydrogen) atoms. The number of para-hydroxylation sites is 1. The van der Waals surface area contributed by atoms with Gasteiger partial charge in [0, 0.05) is 23.5 Å². The van der Waals surface area contributed by atoms with Crippen molar-refractivity contribution in [2.24, 2.45) is 16.5 Å². The van der Waals surface area contributed by atoms with Gasteiger partial charge < -0.3 is 21.1 Å². The maximum Gasteiger partial charge on any atom is 0.490 e. The lowest BCUT2D eigenvalue weighted by Crippen LogP contribution is -2.24. The van der Waals surface area contributed by atoms with E-state index in [1.807, 2.05) is 54.9 Å². The highest BCUT2D eigenvalue weighted by Gasteiger charge is 2.38. The number of carboxylic acids is 1. The van der Waals surface area contributed by atoms with Gasteiger partial charge in [-0.25, -0.2) is 4.79 Å². The molecule has 0 aliphatic rings. The van der Waals surface area contributed by atoms with Crippen molar-refractivity contribution in [3.8, 4) is 5.69 Å². The SMILES string of the molecule is Cc1cc(-n2cc(C)c(C(=O)N=C(N)N)c2)c2ccccc2n1.O=C(O)C(F)(F)F. The number of aliphatic imine (C=N–C) groups is 1. The van der Waals surface area contributed by atoms with Gasteiger partial charge in [-0.2, -0.15) is 18.2 Å². The predicted octanol–water partition coefficient (Wildman–Crippen LogP) is 2.69. The Morgan fingerprint density at radius 1 is 1.13 bits per heavy atom. The van der Waals surface area contributed by atoms with Crippen LogP contribution in [0.4, 0.5) is 13.2 Å². The van der Waals surface area contributed by atoms with Crippen molar-refractivity contribution in [2.45, 2.75) is 20.0 Å². The first kappa shape index (κ1) is 22.4. The summed E-state index contributed by atoms with van der Waals surface area (Å²) in [4.78, 5) is 29.1. The number of halogens is 3. The number of nitrogens with zero attached hydrogens (tertiary/aromatic N) is 3. The fraction of sp³-hybridized carbons (Fsp3) is 0.158. The number of hydrogen-bond acceptors (Lipinski definition) is 3. The van der Waals surface area contributed by atoms with Gasteiger partial charge in [-0.3, -0.25) is 9.78 Å². The molecular weight excluding hydrogens is 403 g/mol. The quantitative estimate of drug-likeness (QED) is 0.430. The van der Waals surface area contributed by atoms with E-state index in [2.05, 4.69) is 9.98 Å². The molecule has 1 aromatic carbocycles. The summed E-state index contributed by atoms with van der Waals surface area (Å²) in [5.74, 6) is -3.45. The van der Waals surface area contributed by atoms with Gasteiger partial charge >= 0.3 is 12.1 Å². The van der Waals surface area contributed by atoms with Crippen LogP contribution in [0.3, 0.4) is 0 Å². The number of fused-ring (bicyclic) bond motifs is 1. The Kier molecular flexibility index (Phi) is 6.45. The van der Waals surface area contributed by atoms with Crippen LogP contribution in [0.2, 0.25) is 0 Å². The number of aryl methyl sites for hydroxylation is 2. The van der Waals surface area contributed by atoms with E-state index < -0.39 is 18.1 Å². The Balaban J connectivity index is 0.000000396. The van der Waals surface area contributed by atoms with E-state index in [9.17, 15) is 18.0 Å². The normalized spacial score (nSPS) is 10.8. The fourth-order valence-corrected chi connectivity index (χ4v) is 2.60. The number of nitrogens with two attached hydrogens (primary N) is 2. The van der Waals surface area contributed by atoms with Crippen LogP contribution < -0.4 is 11.5 Å². The minimum absolute atomic E-state index is 0.243. The molecule has 0 aliphatic carbocycles. The van der Waals surface area contributed by atoms with Gasteiger partial charge in [0.2, 0.25) is 0 Å². The monoisotopic (exact) mass is 421 g/mol. The standard InChI is InChI=1S/C17H17N5O.C2HF3O2/c1-10-8-22(9-13(10)16(23)21-17(18)19)15-7-11(2)20-14-6-4-3-5-12(14)15;3-2(4,5)1(6)7/h3-9H,1-2H3,(H4,18,19,21,23);(H,6,7). The van der Waals surface area contributed by atoms with Crippen molar-refractivity contribution < 1.29 is 27.9 Å². The number of hydrogen-bond donors (Lipinski definition) is 3. The molecule has 0 unspecified atom stereocenters. The Morgan fingerprint density at radius 2 is 1.73 bits per heavy atom. The molecule has 0 bridgehead atoms. The zero-order valence-electron chi connectivity index (χ0n) is 15.9. The van der Waals surface area contributed by atoms with Crippen molar-refractivity contribution >= 4 is 28.7 Å². The summed E-state index contributed by atoms with van der Waals surface area (Å²) in [5, 5.41) is 8.13. The smallest absolute Gasteiger partial charge is 0.475 e. The molecule has 158 valence electrons. The van der Waals surface area contributed by atoms with Crippen molar-refractivity contribution in [2.75, 3.05) is 0 Å². The topological polar surface area (TPSA) is 137 Å². The summed E-state index contributed by atoms with van der Waals surface area (Å²) in [5.41, 5.74) is 14.6. The third kappa shape index (κ3) is 5.34. The number of rotatable bonds is 2. The summed E-state index contributed by atoms with van der Waals surface area (Å²) >= 11 is 0. The van der Waals surface area contributed by atoms with E-state index in [1.54, 1.807) is 6.20 Å². The molecule has 0 radical (unpaired) electrons. The van der Waals surface area contributed by atoms with Crippen LogP contribution in [0, 0.1) is 13.8 Å². The number of carbonyl (C=O) groups excluding carboxylic acids is 1. The van der Waals surface area contributed by atoms with Gasteiger partial charge in [-0.05, 0) is 31.5 Å². The van der Waals surface area contributed by atoms with Crippen LogP contribution >= 0.6 is 0 Å². The molecule has 0 spiro atoms. The lowest BCUT2D eigenvalue weighted by molar-refractivity contribution is -0.192. The number of aromatic nitrogens is 2. The van der Waals surface area contributed by atoms with E-state index in [1.165, 1.54) is 0 Å². The predicted molar refractivity (Wildman–Crippen MR) is 104 cm³/mol. The number of alkyl halides is 3. The first-order valence-corrected chi connectivity index (χ1v) is 8.39. The van der Waals surface area contributed by atoms with Crippen molar-refractivity contribution in [1.82, 2.24) is 9.55 Å². The third-order valence-electron chi connectivity index (χ3n) is 3.83. The minimum Gasteiger partial charge on any atom is -0.475 e. The molecule has 2 heterocycles. The number of guanidine groups is 1. The molecule has 0 fully saturated rings. The molecule has 0 atom stereocenters. The molecule has 0 saturated carbocycles. The van der Waals surface area contributed by atoms with Crippen LogP contribution in [0.5, 0.6) is 0 Å². The Bertz CT molecular complexity index is 1130. The molecule has 2 aromatic heterocycles. The molecule has 0 aliphatic heterocycles. The lowest BCUT2D eigenvalue weighted by atomic mass is 10.1. The van der Waals surface area contributed by atoms with E-state index in [4.69, 9.17) is 21.4 Å². The first-order valence-electron chi connectivity index (χ1n) is 8.39. The van der Waals surface area contributed by atoms with Crippen molar-refractivity contribution in [3.63, 3.8) is 0 Å². The van der Waals surface area contributed by atoms with Crippen LogP contribution in [-0.2, 0) is 4.79 Å². The number of carbonyl (C=O) groups is 2. The summed E-state index contributed by atoms with van der Waals surface area (Å²) in [6, 6.07) is 9.87. The second-order valence-electron chi connectivity index (χ2n) is 6.21.